The Morgan fingerprint density at radius 1 is 0.949 bits per heavy atom. The summed E-state index contributed by atoms with van der Waals surface area (Å²) >= 11 is 0. The van der Waals surface area contributed by atoms with Gasteiger partial charge in [-0.2, -0.15) is 0 Å². The van der Waals surface area contributed by atoms with Crippen LogP contribution in [-0.4, -0.2) is 60.5 Å². The second-order valence-corrected chi connectivity index (χ2v) is 10.3. The van der Waals surface area contributed by atoms with Crippen molar-refractivity contribution in [2.75, 3.05) is 26.7 Å². The molecule has 0 saturated carbocycles. The van der Waals surface area contributed by atoms with Crippen molar-refractivity contribution >= 4 is 22.9 Å². The van der Waals surface area contributed by atoms with E-state index in [0.717, 1.165) is 24.9 Å². The summed E-state index contributed by atoms with van der Waals surface area (Å²) in [4.78, 5) is 29.3. The van der Waals surface area contributed by atoms with Gasteiger partial charge in [0.25, 0.3) is 5.91 Å². The maximum Gasteiger partial charge on any atom is 0.573 e. The van der Waals surface area contributed by atoms with Gasteiger partial charge in [0.05, 0.1) is 0 Å². The zero-order valence-electron chi connectivity index (χ0n) is 22.6. The molecule has 0 spiro atoms. The van der Waals surface area contributed by atoms with Gasteiger partial charge in [0.2, 0.25) is 0 Å². The number of aromatic amines is 1. The molecule has 3 rings (SSSR count). The van der Waals surface area contributed by atoms with Crippen LogP contribution in [0.1, 0.15) is 48.8 Å². The monoisotopic (exact) mass is 548 g/mol. The molecule has 39 heavy (non-hydrogen) atoms. The minimum atomic E-state index is -4.77. The number of aromatic nitrogens is 1. The van der Waals surface area contributed by atoms with E-state index >= 15 is 0 Å². The number of hydrogen-bond acceptors (Lipinski definition) is 5. The first kappa shape index (κ1) is 29.8. The first-order valence-electron chi connectivity index (χ1n) is 12.7. The van der Waals surface area contributed by atoms with Crippen LogP contribution in [0.15, 0.2) is 48.5 Å². The van der Waals surface area contributed by atoms with Crippen LogP contribution in [0.2, 0.25) is 0 Å². The predicted octanol–water partition coefficient (Wildman–Crippen LogP) is 5.39. The number of nitrogens with one attached hydrogen (secondary N) is 3. The number of amides is 2. The zero-order chi connectivity index (χ0) is 28.6. The molecule has 0 unspecified atom stereocenters. The van der Waals surface area contributed by atoms with E-state index < -0.39 is 18.1 Å². The third-order valence-electron chi connectivity index (χ3n) is 5.71. The predicted molar refractivity (Wildman–Crippen MR) is 143 cm³/mol. The molecular weight excluding hydrogens is 513 g/mol. The number of ether oxygens (including phenoxy) is 2. The Kier molecular flexibility index (Phi) is 9.85. The second kappa shape index (κ2) is 12.9. The smallest absolute Gasteiger partial charge is 0.444 e. The summed E-state index contributed by atoms with van der Waals surface area (Å²) < 4.78 is 46.5. The van der Waals surface area contributed by atoms with Crippen molar-refractivity contribution in [2.24, 2.45) is 0 Å². The van der Waals surface area contributed by atoms with Crippen molar-refractivity contribution in [1.29, 1.82) is 0 Å². The number of halogens is 3. The van der Waals surface area contributed by atoms with Crippen LogP contribution < -0.4 is 15.4 Å². The number of H-pyrrole nitrogens is 1. The minimum Gasteiger partial charge on any atom is -0.444 e. The quantitative estimate of drug-likeness (QED) is 0.299. The molecule has 8 nitrogen and oxygen atoms in total. The largest absolute Gasteiger partial charge is 0.573 e. The molecule has 3 aromatic rings. The number of alkyl halides is 3. The molecule has 0 aliphatic heterocycles. The Labute approximate surface area is 225 Å². The first-order valence-corrected chi connectivity index (χ1v) is 12.7. The van der Waals surface area contributed by atoms with Crippen molar-refractivity contribution in [3.8, 4) is 5.75 Å². The van der Waals surface area contributed by atoms with E-state index in [-0.39, 0.29) is 17.4 Å². The number of benzene rings is 2. The third kappa shape index (κ3) is 10.5. The Hall–Kier alpha value is -3.73. The van der Waals surface area contributed by atoms with E-state index in [0.29, 0.717) is 30.5 Å². The molecule has 0 aliphatic rings. The van der Waals surface area contributed by atoms with E-state index in [1.165, 1.54) is 29.8 Å². The summed E-state index contributed by atoms with van der Waals surface area (Å²) in [5, 5.41) is 6.02. The van der Waals surface area contributed by atoms with Crippen LogP contribution in [0, 0.1) is 0 Å². The van der Waals surface area contributed by atoms with E-state index in [4.69, 9.17) is 4.74 Å². The van der Waals surface area contributed by atoms with Gasteiger partial charge in [-0.1, -0.05) is 24.3 Å². The molecule has 1 aromatic heterocycles. The van der Waals surface area contributed by atoms with Gasteiger partial charge in [0.1, 0.15) is 17.0 Å². The Morgan fingerprint density at radius 3 is 2.31 bits per heavy atom. The molecular formula is C28H35F3N4O4. The number of fused-ring (bicyclic) bond motifs is 1. The van der Waals surface area contributed by atoms with Crippen molar-refractivity contribution in [2.45, 2.75) is 52.1 Å². The number of carbonyl (C=O) groups excluding carboxylic acids is 2. The SMILES string of the molecule is CN(CCCc1ccc(CNC(=O)OC(C)(C)C)cc1)CCNC(=O)c1cc2cc(OC(F)(F)F)ccc2[nH]1. The van der Waals surface area contributed by atoms with Gasteiger partial charge in [-0.3, -0.25) is 4.79 Å². The summed E-state index contributed by atoms with van der Waals surface area (Å²) in [7, 11) is 1.97. The molecule has 212 valence electrons. The number of rotatable bonds is 11. The zero-order valence-corrected chi connectivity index (χ0v) is 22.6. The summed E-state index contributed by atoms with van der Waals surface area (Å²) in [5.41, 5.74) is 2.46. The number of hydrogen-bond donors (Lipinski definition) is 3. The lowest BCUT2D eigenvalue weighted by Gasteiger charge is -2.19. The first-order chi connectivity index (χ1) is 18.3. The molecule has 11 heteroatoms. The van der Waals surface area contributed by atoms with E-state index in [9.17, 15) is 22.8 Å². The second-order valence-electron chi connectivity index (χ2n) is 10.3. The van der Waals surface area contributed by atoms with Gasteiger partial charge in [-0.05, 0) is 82.6 Å². The maximum atomic E-state index is 12.5. The van der Waals surface area contributed by atoms with Gasteiger partial charge >= 0.3 is 12.5 Å². The highest BCUT2D eigenvalue weighted by Gasteiger charge is 2.31. The van der Waals surface area contributed by atoms with Gasteiger partial charge < -0.3 is 30.0 Å². The molecule has 0 bridgehead atoms. The highest BCUT2D eigenvalue weighted by molar-refractivity contribution is 5.98. The molecule has 0 aliphatic carbocycles. The third-order valence-corrected chi connectivity index (χ3v) is 5.71. The van der Waals surface area contributed by atoms with Gasteiger partial charge in [-0.25, -0.2) is 4.79 Å². The fourth-order valence-electron chi connectivity index (χ4n) is 3.86. The molecule has 0 saturated heterocycles. The lowest BCUT2D eigenvalue weighted by atomic mass is 10.1. The summed E-state index contributed by atoms with van der Waals surface area (Å²) in [6.07, 6.45) is -3.39. The van der Waals surface area contributed by atoms with Crippen LogP contribution >= 0.6 is 0 Å². The fourth-order valence-corrected chi connectivity index (χ4v) is 3.86. The molecule has 2 aromatic carbocycles. The average molecular weight is 549 g/mol. The van der Waals surface area contributed by atoms with Crippen LogP contribution in [-0.2, 0) is 17.7 Å². The Bertz CT molecular complexity index is 1250. The van der Waals surface area contributed by atoms with Crippen molar-refractivity contribution < 1.29 is 32.2 Å². The molecule has 1 heterocycles. The molecule has 0 fully saturated rings. The highest BCUT2D eigenvalue weighted by atomic mass is 19.4. The topological polar surface area (TPSA) is 95.7 Å². The molecule has 2 amide bonds. The van der Waals surface area contributed by atoms with Crippen molar-refractivity contribution in [3.63, 3.8) is 0 Å². The number of aryl methyl sites for hydroxylation is 1. The van der Waals surface area contributed by atoms with Crippen LogP contribution in [0.4, 0.5) is 18.0 Å². The van der Waals surface area contributed by atoms with Gasteiger partial charge in [0, 0.05) is 30.5 Å². The highest BCUT2D eigenvalue weighted by Crippen LogP contribution is 2.26. The molecule has 3 N–H and O–H groups in total. The molecule has 0 atom stereocenters. The molecule has 0 radical (unpaired) electrons. The lowest BCUT2D eigenvalue weighted by Crippen LogP contribution is -2.33. The van der Waals surface area contributed by atoms with E-state index in [2.05, 4.69) is 25.3 Å². The van der Waals surface area contributed by atoms with Crippen molar-refractivity contribution in [3.05, 3.63) is 65.4 Å². The van der Waals surface area contributed by atoms with Crippen LogP contribution in [0.3, 0.4) is 0 Å². The van der Waals surface area contributed by atoms with Gasteiger partial charge in [0.15, 0.2) is 0 Å². The summed E-state index contributed by atoms with van der Waals surface area (Å²) in [6, 6.07) is 13.4. The van der Waals surface area contributed by atoms with E-state index in [1.54, 1.807) is 0 Å². The standard InChI is InChI=1S/C28H35F3N4O4/c1-27(2,3)39-26(37)33-18-20-9-7-19(8-10-20)6-5-14-35(4)15-13-32-25(36)24-17-21-16-22(38-28(29,30)31)11-12-23(21)34-24/h7-12,16-17,34H,5-6,13-15,18H2,1-4H3,(H,32,36)(H,33,37). The number of carbonyl (C=O) groups is 2. The Balaban J connectivity index is 1.35. The van der Waals surface area contributed by atoms with Crippen LogP contribution in [0.5, 0.6) is 5.75 Å². The lowest BCUT2D eigenvalue weighted by molar-refractivity contribution is -0.274. The number of likely N-dealkylation sites (N-methyl/N-ethyl adjacent to an activating group) is 1. The number of alkyl carbamates (subject to hydrolysis) is 1. The fraction of sp³-hybridized carbons (Fsp3) is 0.429. The minimum absolute atomic E-state index is 0.265. The number of nitrogens with zero attached hydrogens (tertiary/aromatic N) is 1. The van der Waals surface area contributed by atoms with Crippen LogP contribution in [0.25, 0.3) is 10.9 Å². The summed E-state index contributed by atoms with van der Waals surface area (Å²) in [6.45, 7) is 7.76. The van der Waals surface area contributed by atoms with Crippen molar-refractivity contribution in [1.82, 2.24) is 20.5 Å². The van der Waals surface area contributed by atoms with E-state index in [1.807, 2.05) is 52.1 Å². The Morgan fingerprint density at radius 2 is 1.64 bits per heavy atom. The summed E-state index contributed by atoms with van der Waals surface area (Å²) in [5.74, 6) is -0.673. The maximum absolute atomic E-state index is 12.5. The average Bonchev–Trinajstić information content (AvgIpc) is 3.25. The normalized spacial score (nSPS) is 12.0. The van der Waals surface area contributed by atoms with Gasteiger partial charge in [-0.15, -0.1) is 13.2 Å².